The van der Waals surface area contributed by atoms with Crippen molar-refractivity contribution in [3.63, 3.8) is 0 Å². The number of nitrogens with two attached hydrogens (primary N) is 6. The van der Waals surface area contributed by atoms with Gasteiger partial charge in [0.05, 0.1) is 12.1 Å². The molecule has 12 N–H and O–H groups in total. The highest BCUT2D eigenvalue weighted by molar-refractivity contribution is 5.86. The summed E-state index contributed by atoms with van der Waals surface area (Å²) in [4.78, 5) is 66.8. The lowest BCUT2D eigenvalue weighted by Gasteiger charge is -2.11. The van der Waals surface area contributed by atoms with E-state index in [1.54, 1.807) is 0 Å². The van der Waals surface area contributed by atoms with E-state index in [1.165, 1.54) is 0 Å². The Balaban J connectivity index is -0.000000115. The van der Waals surface area contributed by atoms with E-state index in [4.69, 9.17) is 34.4 Å². The Hall–Kier alpha value is -2.22. The lowest BCUT2D eigenvalue weighted by molar-refractivity contribution is -0.126. The summed E-state index contributed by atoms with van der Waals surface area (Å²) in [6, 6.07) is -0.454. The molecular weight excluding hydrogens is 769 g/mol. The van der Waals surface area contributed by atoms with Gasteiger partial charge in [0.15, 0.2) is 11.6 Å². The second-order valence-corrected chi connectivity index (χ2v) is 18.1. The van der Waals surface area contributed by atoms with Gasteiger partial charge in [-0.05, 0) is 38.8 Å². The van der Waals surface area contributed by atoms with Crippen molar-refractivity contribution >= 4 is 34.7 Å². The Morgan fingerprint density at radius 3 is 0.672 bits per heavy atom. The first-order valence-electron chi connectivity index (χ1n) is 23.1. The van der Waals surface area contributed by atoms with Crippen molar-refractivity contribution in [1.82, 2.24) is 0 Å². The maximum Gasteiger partial charge on any atom is 0.152 e. The predicted molar refractivity (Wildman–Crippen MR) is 263 cm³/mol. The number of carbonyl (C=O) groups is 6. The van der Waals surface area contributed by atoms with Gasteiger partial charge in [-0.25, -0.2) is 0 Å². The Morgan fingerprint density at radius 2 is 0.541 bits per heavy atom. The summed E-state index contributed by atoms with van der Waals surface area (Å²) in [6.07, 6.45) is 7.65. The van der Waals surface area contributed by atoms with E-state index in [1.807, 2.05) is 111 Å². The van der Waals surface area contributed by atoms with Crippen LogP contribution in [0.25, 0.3) is 0 Å². The topological polar surface area (TPSA) is 259 Å². The fraction of sp³-hybridized carbons (Fsp3) is 0.878. The highest BCUT2D eigenvalue weighted by Gasteiger charge is 2.18. The molecule has 0 aliphatic rings. The second kappa shape index (κ2) is 45.8. The molecule has 0 aromatic carbocycles. The van der Waals surface area contributed by atoms with Gasteiger partial charge >= 0.3 is 0 Å². The fourth-order valence-corrected chi connectivity index (χ4v) is 5.28. The van der Waals surface area contributed by atoms with Gasteiger partial charge in [-0.2, -0.15) is 0 Å². The zero-order chi connectivity index (χ0) is 48.9. The molecule has 12 heteroatoms. The van der Waals surface area contributed by atoms with Gasteiger partial charge in [-0.15, -0.1) is 0 Å². The molecule has 0 heterocycles. The van der Waals surface area contributed by atoms with E-state index in [2.05, 4.69) is 13.8 Å². The molecule has 0 aromatic rings. The van der Waals surface area contributed by atoms with Crippen LogP contribution < -0.4 is 34.4 Å². The van der Waals surface area contributed by atoms with Gasteiger partial charge in [0.1, 0.15) is 23.1 Å². The van der Waals surface area contributed by atoms with E-state index in [0.29, 0.717) is 37.7 Å². The molecule has 0 fully saturated rings. The molecule has 368 valence electrons. The van der Waals surface area contributed by atoms with E-state index in [9.17, 15) is 28.8 Å². The molecule has 0 amide bonds. The molecule has 0 aliphatic heterocycles. The van der Waals surface area contributed by atoms with Crippen LogP contribution in [0.1, 0.15) is 183 Å². The minimum absolute atomic E-state index is 0. The van der Waals surface area contributed by atoms with Crippen molar-refractivity contribution in [3.05, 3.63) is 0 Å². The van der Waals surface area contributed by atoms with Crippen LogP contribution in [0.3, 0.4) is 0 Å². The molecule has 0 unspecified atom stereocenters. The smallest absolute Gasteiger partial charge is 0.152 e. The summed E-state index contributed by atoms with van der Waals surface area (Å²) >= 11 is 0. The van der Waals surface area contributed by atoms with Crippen molar-refractivity contribution in [3.8, 4) is 0 Å². The molecule has 0 rings (SSSR count). The zero-order valence-corrected chi connectivity index (χ0v) is 42.3. The molecule has 0 aromatic heterocycles. The van der Waals surface area contributed by atoms with Crippen molar-refractivity contribution in [1.29, 1.82) is 0 Å². The summed E-state index contributed by atoms with van der Waals surface area (Å²) in [5.41, 5.74) is 32.5. The van der Waals surface area contributed by atoms with Crippen LogP contribution in [0.5, 0.6) is 0 Å². The number of Topliss-reactive ketones (excluding diaryl/α,β-unsaturated/α-hetero) is 6. The van der Waals surface area contributed by atoms with Crippen LogP contribution in [0.2, 0.25) is 0 Å². The third kappa shape index (κ3) is 44.2. The fourth-order valence-electron chi connectivity index (χ4n) is 5.28. The summed E-state index contributed by atoms with van der Waals surface area (Å²) in [5.74, 6) is 2.65. The SMILES string of the molecule is C.CC(C)C(=O)[C@@H](C)CCN.CC(C)C(=O)[C@@H](C)CN.CC(C)C(=O)[C@H](C)CCN.CC(C)C(=O)[C@H](C)CN.CCCC[C@@H](N)C(=O)C(C)C.CCCC[C@H](N)C(=O)C(C)C. The van der Waals surface area contributed by atoms with Gasteiger partial charge in [-0.1, -0.05) is 158 Å². The first-order valence-corrected chi connectivity index (χ1v) is 23.1. The Bertz CT molecular complexity index is 1010. The molecule has 0 saturated heterocycles. The number of ketones is 6. The molecule has 6 atom stereocenters. The standard InChI is InChI=1S/2C9H19NO.2C8H17NO.2C7H15NO.CH4/c2*1-4-5-6-8(10)9(11)7(2)3;2*1-6(2)8(10)7(3)4-5-9;2*1-5(2)7(9)6(3)4-8;/h2*7-8H,4-6,10H2,1-3H3;2*6-7H,4-5,9H2,1-3H3;2*5-6H,4,8H2,1-3H3;1H4/t2*8-;2*7-;2*6-;/m101010./s1. The van der Waals surface area contributed by atoms with Crippen LogP contribution in [0, 0.1) is 59.2 Å². The van der Waals surface area contributed by atoms with Crippen molar-refractivity contribution in [2.75, 3.05) is 26.2 Å². The summed E-state index contributed by atoms with van der Waals surface area (Å²) in [6.45, 7) is 36.9. The van der Waals surface area contributed by atoms with Crippen LogP contribution >= 0.6 is 0 Å². The highest BCUT2D eigenvalue weighted by Crippen LogP contribution is 2.10. The molecule has 0 bridgehead atoms. The molecule has 61 heavy (non-hydrogen) atoms. The minimum atomic E-state index is -0.227. The third-order valence-electron chi connectivity index (χ3n) is 9.73. The molecule has 0 radical (unpaired) electrons. The van der Waals surface area contributed by atoms with Gasteiger partial charge in [0, 0.05) is 72.3 Å². The van der Waals surface area contributed by atoms with Crippen LogP contribution in [0.15, 0.2) is 0 Å². The van der Waals surface area contributed by atoms with Crippen molar-refractivity contribution in [2.24, 2.45) is 93.6 Å². The summed E-state index contributed by atoms with van der Waals surface area (Å²) in [7, 11) is 0. The maximum atomic E-state index is 11.2. The van der Waals surface area contributed by atoms with E-state index in [-0.39, 0.29) is 102 Å². The number of carbonyl (C=O) groups excluding carboxylic acids is 6. The van der Waals surface area contributed by atoms with Crippen LogP contribution in [0.4, 0.5) is 0 Å². The zero-order valence-electron chi connectivity index (χ0n) is 42.3. The highest BCUT2D eigenvalue weighted by atomic mass is 16.1. The Labute approximate surface area is 377 Å². The lowest BCUT2D eigenvalue weighted by Crippen LogP contribution is -2.33. The third-order valence-corrected chi connectivity index (χ3v) is 9.73. The van der Waals surface area contributed by atoms with Gasteiger partial charge < -0.3 is 34.4 Å². The minimum Gasteiger partial charge on any atom is -0.330 e. The lowest BCUT2D eigenvalue weighted by atomic mass is 9.94. The maximum absolute atomic E-state index is 11.2. The first kappa shape index (κ1) is 73.2. The number of unbranched alkanes of at least 4 members (excludes halogenated alkanes) is 2. The average Bonchev–Trinajstić information content (AvgIpc) is 3.20. The van der Waals surface area contributed by atoms with Crippen molar-refractivity contribution in [2.45, 2.75) is 196 Å². The van der Waals surface area contributed by atoms with Gasteiger partial charge in [-0.3, -0.25) is 28.8 Å². The summed E-state index contributed by atoms with van der Waals surface area (Å²) in [5, 5.41) is 0. The largest absolute Gasteiger partial charge is 0.330 e. The second-order valence-electron chi connectivity index (χ2n) is 18.1. The molecular formula is C49H106N6O6. The van der Waals surface area contributed by atoms with E-state index < -0.39 is 0 Å². The number of hydrogen-bond acceptors (Lipinski definition) is 12. The number of hydrogen-bond donors (Lipinski definition) is 6. The van der Waals surface area contributed by atoms with E-state index >= 15 is 0 Å². The molecule has 0 saturated carbocycles. The quantitative estimate of drug-likeness (QED) is 0.0538. The number of rotatable bonds is 24. The van der Waals surface area contributed by atoms with Crippen LogP contribution in [-0.4, -0.2) is 73.0 Å². The summed E-state index contributed by atoms with van der Waals surface area (Å²) < 4.78 is 0. The molecule has 0 aliphatic carbocycles. The van der Waals surface area contributed by atoms with Gasteiger partial charge in [0.2, 0.25) is 0 Å². The van der Waals surface area contributed by atoms with Crippen molar-refractivity contribution < 1.29 is 28.8 Å². The Kier molecular flexibility index (Phi) is 54.9. The predicted octanol–water partition coefficient (Wildman–Crippen LogP) is 8.10. The molecule has 0 spiro atoms. The molecule has 12 nitrogen and oxygen atoms in total. The monoisotopic (exact) mass is 875 g/mol. The normalized spacial score (nSPS) is 13.5. The Morgan fingerprint density at radius 1 is 0.344 bits per heavy atom. The van der Waals surface area contributed by atoms with E-state index in [0.717, 1.165) is 51.4 Å². The van der Waals surface area contributed by atoms with Gasteiger partial charge in [0.25, 0.3) is 0 Å². The first-order chi connectivity index (χ1) is 27.5. The average molecular weight is 875 g/mol. The van der Waals surface area contributed by atoms with Crippen LogP contribution in [-0.2, 0) is 28.8 Å².